The first-order valence-electron chi connectivity index (χ1n) is 6.65. The van der Waals surface area contributed by atoms with Crippen LogP contribution in [0.15, 0.2) is 0 Å². The Hall–Kier alpha value is -0.120. The molecule has 0 amide bonds. The largest absolute Gasteiger partial charge is 0.307 e. The molecule has 0 fully saturated rings. The summed E-state index contributed by atoms with van der Waals surface area (Å²) in [5.41, 5.74) is 0. The SMILES string of the molecule is CCN(C)CCCN(C)CCCN(C)CC. The Bertz CT molecular complexity index is 134. The third-order valence-corrected chi connectivity index (χ3v) is 3.24. The molecule has 0 radical (unpaired) electrons. The van der Waals surface area contributed by atoms with E-state index in [1.54, 1.807) is 0 Å². The molecule has 0 aliphatic rings. The molecule has 0 heterocycles. The molecule has 0 aliphatic heterocycles. The third kappa shape index (κ3) is 9.13. The number of hydrogen-bond acceptors (Lipinski definition) is 3. The van der Waals surface area contributed by atoms with Crippen molar-refractivity contribution in [3.05, 3.63) is 0 Å². The second-order valence-corrected chi connectivity index (χ2v) is 4.80. The minimum Gasteiger partial charge on any atom is -0.307 e. The zero-order chi connectivity index (χ0) is 12.4. The Morgan fingerprint density at radius 1 is 0.562 bits per heavy atom. The molecule has 0 saturated carbocycles. The molecule has 0 aromatic heterocycles. The molecule has 0 rings (SSSR count). The lowest BCUT2D eigenvalue weighted by atomic mass is 10.3. The van der Waals surface area contributed by atoms with E-state index >= 15 is 0 Å². The summed E-state index contributed by atoms with van der Waals surface area (Å²) in [5.74, 6) is 0. The Labute approximate surface area is 102 Å². The molecular weight excluding hydrogens is 198 g/mol. The summed E-state index contributed by atoms with van der Waals surface area (Å²) in [4.78, 5) is 7.20. The highest BCUT2D eigenvalue weighted by atomic mass is 15.1. The van der Waals surface area contributed by atoms with Crippen LogP contribution in [0.4, 0.5) is 0 Å². The second kappa shape index (κ2) is 10.1. The fraction of sp³-hybridized carbons (Fsp3) is 1.00. The van der Waals surface area contributed by atoms with Gasteiger partial charge in [-0.15, -0.1) is 0 Å². The number of rotatable bonds is 10. The highest BCUT2D eigenvalue weighted by Gasteiger charge is 2.01. The van der Waals surface area contributed by atoms with Gasteiger partial charge in [0.1, 0.15) is 0 Å². The summed E-state index contributed by atoms with van der Waals surface area (Å²) >= 11 is 0. The van der Waals surface area contributed by atoms with Crippen LogP contribution in [0, 0.1) is 0 Å². The van der Waals surface area contributed by atoms with E-state index in [1.165, 1.54) is 39.0 Å². The van der Waals surface area contributed by atoms with Crippen molar-refractivity contribution in [1.82, 2.24) is 14.7 Å². The van der Waals surface area contributed by atoms with E-state index in [4.69, 9.17) is 0 Å². The fourth-order valence-corrected chi connectivity index (χ4v) is 1.65. The molecule has 0 unspecified atom stereocenters. The van der Waals surface area contributed by atoms with E-state index in [-0.39, 0.29) is 0 Å². The van der Waals surface area contributed by atoms with Gasteiger partial charge >= 0.3 is 0 Å². The van der Waals surface area contributed by atoms with E-state index in [0.29, 0.717) is 0 Å². The Balaban J connectivity index is 3.34. The lowest BCUT2D eigenvalue weighted by Gasteiger charge is -2.20. The summed E-state index contributed by atoms with van der Waals surface area (Å²) in [6, 6.07) is 0. The summed E-state index contributed by atoms with van der Waals surface area (Å²) in [7, 11) is 6.62. The van der Waals surface area contributed by atoms with E-state index in [1.807, 2.05) is 0 Å². The van der Waals surface area contributed by atoms with Crippen LogP contribution < -0.4 is 0 Å². The van der Waals surface area contributed by atoms with Crippen LogP contribution in [-0.4, -0.2) is 75.1 Å². The van der Waals surface area contributed by atoms with Gasteiger partial charge in [0, 0.05) is 0 Å². The van der Waals surface area contributed by atoms with E-state index < -0.39 is 0 Å². The molecule has 16 heavy (non-hydrogen) atoms. The second-order valence-electron chi connectivity index (χ2n) is 4.80. The molecule has 98 valence electrons. The zero-order valence-corrected chi connectivity index (χ0v) is 12.0. The van der Waals surface area contributed by atoms with Gasteiger partial charge in [-0.1, -0.05) is 13.8 Å². The van der Waals surface area contributed by atoms with Crippen LogP contribution in [-0.2, 0) is 0 Å². The fourth-order valence-electron chi connectivity index (χ4n) is 1.65. The van der Waals surface area contributed by atoms with Crippen molar-refractivity contribution in [3.63, 3.8) is 0 Å². The van der Waals surface area contributed by atoms with Crippen LogP contribution in [0.25, 0.3) is 0 Å². The van der Waals surface area contributed by atoms with E-state index in [9.17, 15) is 0 Å². The molecule has 0 bridgehead atoms. The quantitative estimate of drug-likeness (QED) is 0.563. The molecule has 0 atom stereocenters. The summed E-state index contributed by atoms with van der Waals surface area (Å²) in [5, 5.41) is 0. The predicted octanol–water partition coefficient (Wildman–Crippen LogP) is 1.60. The molecule has 0 aromatic carbocycles. The molecule has 0 aliphatic carbocycles. The molecule has 3 heteroatoms. The van der Waals surface area contributed by atoms with Crippen molar-refractivity contribution in [2.45, 2.75) is 26.7 Å². The lowest BCUT2D eigenvalue weighted by molar-refractivity contribution is 0.264. The maximum absolute atomic E-state index is 2.45. The van der Waals surface area contributed by atoms with Crippen molar-refractivity contribution in [2.24, 2.45) is 0 Å². The third-order valence-electron chi connectivity index (χ3n) is 3.24. The summed E-state index contributed by atoms with van der Waals surface area (Å²) < 4.78 is 0. The standard InChI is InChI=1S/C13H31N3/c1-6-14(3)10-8-12-16(5)13-9-11-15(4)7-2/h6-13H2,1-5H3. The Morgan fingerprint density at radius 3 is 1.19 bits per heavy atom. The van der Waals surface area contributed by atoms with Crippen molar-refractivity contribution >= 4 is 0 Å². The van der Waals surface area contributed by atoms with Crippen LogP contribution in [0.3, 0.4) is 0 Å². The van der Waals surface area contributed by atoms with Gasteiger partial charge in [0.05, 0.1) is 0 Å². The molecular formula is C13H31N3. The van der Waals surface area contributed by atoms with Crippen LogP contribution >= 0.6 is 0 Å². The highest BCUT2D eigenvalue weighted by Crippen LogP contribution is 1.94. The van der Waals surface area contributed by atoms with Gasteiger partial charge in [-0.3, -0.25) is 0 Å². The highest BCUT2D eigenvalue weighted by molar-refractivity contribution is 4.57. The number of hydrogen-bond donors (Lipinski definition) is 0. The van der Waals surface area contributed by atoms with Gasteiger partial charge in [-0.25, -0.2) is 0 Å². The molecule has 0 saturated heterocycles. The smallest absolute Gasteiger partial charge is 0.000959 e. The molecule has 0 spiro atoms. The van der Waals surface area contributed by atoms with Gasteiger partial charge in [0.15, 0.2) is 0 Å². The van der Waals surface area contributed by atoms with E-state index in [0.717, 1.165) is 13.1 Å². The van der Waals surface area contributed by atoms with Crippen molar-refractivity contribution < 1.29 is 0 Å². The monoisotopic (exact) mass is 229 g/mol. The van der Waals surface area contributed by atoms with Crippen LogP contribution in [0.1, 0.15) is 26.7 Å². The van der Waals surface area contributed by atoms with Gasteiger partial charge in [-0.05, 0) is 73.3 Å². The van der Waals surface area contributed by atoms with E-state index in [2.05, 4.69) is 49.7 Å². The average Bonchev–Trinajstić information content (AvgIpc) is 2.28. The molecule has 0 aromatic rings. The average molecular weight is 229 g/mol. The van der Waals surface area contributed by atoms with Crippen LogP contribution in [0.5, 0.6) is 0 Å². The van der Waals surface area contributed by atoms with Crippen molar-refractivity contribution in [3.8, 4) is 0 Å². The van der Waals surface area contributed by atoms with Gasteiger partial charge in [0.2, 0.25) is 0 Å². The predicted molar refractivity (Wildman–Crippen MR) is 73.1 cm³/mol. The summed E-state index contributed by atoms with van der Waals surface area (Å²) in [6.45, 7) is 11.6. The minimum absolute atomic E-state index is 1.16. The molecule has 3 nitrogen and oxygen atoms in total. The maximum atomic E-state index is 2.45. The Morgan fingerprint density at radius 2 is 0.875 bits per heavy atom. The van der Waals surface area contributed by atoms with Gasteiger partial charge in [0.25, 0.3) is 0 Å². The minimum atomic E-state index is 1.16. The van der Waals surface area contributed by atoms with Crippen LogP contribution in [0.2, 0.25) is 0 Å². The van der Waals surface area contributed by atoms with Crippen molar-refractivity contribution in [1.29, 1.82) is 0 Å². The normalized spacial score (nSPS) is 12.0. The number of nitrogens with zero attached hydrogens (tertiary/aromatic N) is 3. The first-order chi connectivity index (χ1) is 7.60. The summed E-state index contributed by atoms with van der Waals surface area (Å²) in [6.07, 6.45) is 2.56. The maximum Gasteiger partial charge on any atom is -0.000959 e. The van der Waals surface area contributed by atoms with Crippen molar-refractivity contribution in [2.75, 3.05) is 60.4 Å². The van der Waals surface area contributed by atoms with Gasteiger partial charge in [-0.2, -0.15) is 0 Å². The first kappa shape index (κ1) is 15.9. The molecule has 0 N–H and O–H groups in total. The Kier molecular flexibility index (Phi) is 9.99. The zero-order valence-electron chi connectivity index (χ0n) is 12.0. The first-order valence-corrected chi connectivity index (χ1v) is 6.65. The van der Waals surface area contributed by atoms with Gasteiger partial charge < -0.3 is 14.7 Å². The lowest BCUT2D eigenvalue weighted by Crippen LogP contribution is -2.28. The topological polar surface area (TPSA) is 9.72 Å².